The van der Waals surface area contributed by atoms with Crippen LogP contribution in [0.15, 0.2) is 23.3 Å². The van der Waals surface area contributed by atoms with Gasteiger partial charge in [-0.05, 0) is 64.5 Å². The number of methoxy groups -OCH3 is 1. The second kappa shape index (κ2) is 5.61. The lowest BCUT2D eigenvalue weighted by molar-refractivity contribution is -0.120. The third-order valence-corrected chi connectivity index (χ3v) is 5.40. The summed E-state index contributed by atoms with van der Waals surface area (Å²) < 4.78 is 11.7. The minimum absolute atomic E-state index is 0.181. The number of anilines is 1. The van der Waals surface area contributed by atoms with Crippen molar-refractivity contribution in [3.05, 3.63) is 28.8 Å². The Bertz CT molecular complexity index is 778. The van der Waals surface area contributed by atoms with Gasteiger partial charge < -0.3 is 9.47 Å². The molecule has 0 unspecified atom stereocenters. The molecule has 0 aromatic heterocycles. The van der Waals surface area contributed by atoms with E-state index in [9.17, 15) is 9.59 Å². The highest BCUT2D eigenvalue weighted by atomic mass is 16.5. The van der Waals surface area contributed by atoms with Gasteiger partial charge in [-0.3, -0.25) is 9.59 Å². The molecule has 1 aromatic carbocycles. The fourth-order valence-corrected chi connectivity index (χ4v) is 4.03. The molecule has 2 heterocycles. The van der Waals surface area contributed by atoms with E-state index in [1.54, 1.807) is 13.2 Å². The Morgan fingerprint density at radius 1 is 1.04 bits per heavy atom. The number of ether oxygens (including phenoxy) is 2. The molecule has 0 N–H and O–H groups in total. The molecule has 0 saturated carbocycles. The third kappa shape index (κ3) is 2.44. The predicted molar refractivity (Wildman–Crippen MR) is 94.0 cm³/mol. The number of nitrogens with zero attached hydrogens (tertiary/aromatic N) is 1. The molecule has 2 amide bonds. The van der Waals surface area contributed by atoms with Crippen molar-refractivity contribution in [3.63, 3.8) is 0 Å². The van der Waals surface area contributed by atoms with Gasteiger partial charge in [0.15, 0.2) is 5.75 Å². The molecule has 2 aliphatic heterocycles. The van der Waals surface area contributed by atoms with Gasteiger partial charge in [0.05, 0.1) is 12.8 Å². The largest absolute Gasteiger partial charge is 0.496 e. The van der Waals surface area contributed by atoms with E-state index in [4.69, 9.17) is 9.47 Å². The molecule has 0 fully saturated rings. The summed E-state index contributed by atoms with van der Waals surface area (Å²) in [4.78, 5) is 27.1. The summed E-state index contributed by atoms with van der Waals surface area (Å²) in [5.74, 6) is 0.987. The van der Waals surface area contributed by atoms with Crippen molar-refractivity contribution in [1.82, 2.24) is 0 Å². The third-order valence-electron chi connectivity index (χ3n) is 5.40. The Balaban J connectivity index is 1.82. The van der Waals surface area contributed by atoms with Crippen molar-refractivity contribution in [3.8, 4) is 11.5 Å². The number of carbonyl (C=O) groups excluding carboxylic acids is 2. The van der Waals surface area contributed by atoms with E-state index in [1.165, 1.54) is 4.90 Å². The minimum Gasteiger partial charge on any atom is -0.496 e. The van der Waals surface area contributed by atoms with Crippen LogP contribution in [0.1, 0.15) is 51.5 Å². The number of amides is 2. The summed E-state index contributed by atoms with van der Waals surface area (Å²) in [7, 11) is 1.63. The molecule has 25 heavy (non-hydrogen) atoms. The van der Waals surface area contributed by atoms with Gasteiger partial charge in [-0.2, -0.15) is 0 Å². The van der Waals surface area contributed by atoms with Crippen LogP contribution in [0.4, 0.5) is 5.69 Å². The summed E-state index contributed by atoms with van der Waals surface area (Å²) in [6.07, 6.45) is 4.98. The van der Waals surface area contributed by atoms with Gasteiger partial charge in [0, 0.05) is 16.7 Å². The first-order valence-electron chi connectivity index (χ1n) is 8.92. The zero-order valence-electron chi connectivity index (χ0n) is 15.0. The Hall–Kier alpha value is -2.30. The maximum Gasteiger partial charge on any atom is 0.261 e. The highest BCUT2D eigenvalue weighted by Crippen LogP contribution is 2.47. The molecule has 4 rings (SSSR count). The zero-order valence-corrected chi connectivity index (χ0v) is 15.0. The van der Waals surface area contributed by atoms with E-state index in [-0.39, 0.29) is 17.4 Å². The van der Waals surface area contributed by atoms with Crippen molar-refractivity contribution in [1.29, 1.82) is 0 Å². The molecule has 5 nitrogen and oxygen atoms in total. The Morgan fingerprint density at radius 2 is 1.68 bits per heavy atom. The summed E-state index contributed by atoms with van der Waals surface area (Å²) in [5.41, 5.74) is 2.53. The molecule has 0 saturated heterocycles. The molecule has 5 heteroatoms. The number of imide groups is 1. The summed E-state index contributed by atoms with van der Waals surface area (Å²) in [5, 5.41) is 0. The SMILES string of the molecule is COc1ccc(N2C(=O)C3=C(CCCC3)C2=O)c2c1CCC(C)(C)O2. The molecule has 0 bridgehead atoms. The lowest BCUT2D eigenvalue weighted by Gasteiger charge is -2.35. The van der Waals surface area contributed by atoms with Gasteiger partial charge in [-0.25, -0.2) is 4.90 Å². The fraction of sp³-hybridized carbons (Fsp3) is 0.500. The van der Waals surface area contributed by atoms with E-state index >= 15 is 0 Å². The van der Waals surface area contributed by atoms with Crippen molar-refractivity contribution in [2.75, 3.05) is 12.0 Å². The van der Waals surface area contributed by atoms with Gasteiger partial charge in [0.25, 0.3) is 11.8 Å². The molecular formula is C20H23NO4. The number of hydrogen-bond acceptors (Lipinski definition) is 4. The first-order chi connectivity index (χ1) is 11.9. The normalized spacial score (nSPS) is 21.8. The molecule has 132 valence electrons. The van der Waals surface area contributed by atoms with E-state index in [1.807, 2.05) is 19.9 Å². The molecule has 0 atom stereocenters. The first kappa shape index (κ1) is 16.2. The molecule has 3 aliphatic rings. The fourth-order valence-electron chi connectivity index (χ4n) is 4.03. The number of benzene rings is 1. The highest BCUT2D eigenvalue weighted by Gasteiger charge is 2.42. The van der Waals surface area contributed by atoms with Gasteiger partial charge in [0.1, 0.15) is 11.4 Å². The highest BCUT2D eigenvalue weighted by molar-refractivity contribution is 6.33. The summed E-state index contributed by atoms with van der Waals surface area (Å²) >= 11 is 0. The van der Waals surface area contributed by atoms with Crippen LogP contribution < -0.4 is 14.4 Å². The molecule has 0 radical (unpaired) electrons. The zero-order chi connectivity index (χ0) is 17.8. The van der Waals surface area contributed by atoms with Gasteiger partial charge in [-0.1, -0.05) is 0 Å². The van der Waals surface area contributed by atoms with E-state index in [0.717, 1.165) is 37.0 Å². The van der Waals surface area contributed by atoms with Crippen LogP contribution in [0.25, 0.3) is 0 Å². The minimum atomic E-state index is -0.340. The van der Waals surface area contributed by atoms with Crippen molar-refractivity contribution in [2.45, 2.75) is 58.0 Å². The molecule has 1 aromatic rings. The number of hydrogen-bond donors (Lipinski definition) is 0. The Labute approximate surface area is 147 Å². The average molecular weight is 341 g/mol. The number of rotatable bonds is 2. The monoisotopic (exact) mass is 341 g/mol. The maximum atomic E-state index is 12.9. The Kier molecular flexibility index (Phi) is 3.63. The van der Waals surface area contributed by atoms with Crippen LogP contribution in [0.3, 0.4) is 0 Å². The van der Waals surface area contributed by atoms with Crippen molar-refractivity contribution >= 4 is 17.5 Å². The van der Waals surface area contributed by atoms with E-state index in [2.05, 4.69) is 0 Å². The van der Waals surface area contributed by atoms with E-state index in [0.29, 0.717) is 35.4 Å². The van der Waals surface area contributed by atoms with Crippen LogP contribution in [-0.2, 0) is 16.0 Å². The van der Waals surface area contributed by atoms with Crippen LogP contribution in [-0.4, -0.2) is 24.5 Å². The van der Waals surface area contributed by atoms with Crippen LogP contribution >= 0.6 is 0 Å². The Morgan fingerprint density at radius 3 is 2.28 bits per heavy atom. The van der Waals surface area contributed by atoms with Crippen LogP contribution in [0.5, 0.6) is 11.5 Å². The second-order valence-electron chi connectivity index (χ2n) is 7.57. The molecule has 1 aliphatic carbocycles. The summed E-state index contributed by atoms with van der Waals surface area (Å²) in [6, 6.07) is 3.60. The van der Waals surface area contributed by atoms with Crippen molar-refractivity contribution < 1.29 is 19.1 Å². The summed E-state index contributed by atoms with van der Waals surface area (Å²) in [6.45, 7) is 4.05. The second-order valence-corrected chi connectivity index (χ2v) is 7.57. The van der Waals surface area contributed by atoms with Crippen LogP contribution in [0, 0.1) is 0 Å². The topological polar surface area (TPSA) is 55.8 Å². The lowest BCUT2D eigenvalue weighted by Crippen LogP contribution is -2.36. The first-order valence-corrected chi connectivity index (χ1v) is 8.92. The standard InChI is InChI=1S/C20H23NO4/c1-20(2)11-10-14-16(24-3)9-8-15(17(14)25-20)21-18(22)12-6-4-5-7-13(12)19(21)23/h8-9H,4-7,10-11H2,1-3H3. The van der Waals surface area contributed by atoms with Crippen LogP contribution in [0.2, 0.25) is 0 Å². The predicted octanol–water partition coefficient (Wildman–Crippen LogP) is 3.54. The number of fused-ring (bicyclic) bond motifs is 1. The van der Waals surface area contributed by atoms with E-state index < -0.39 is 0 Å². The molecule has 0 spiro atoms. The van der Waals surface area contributed by atoms with Gasteiger partial charge >= 0.3 is 0 Å². The quantitative estimate of drug-likeness (QED) is 0.772. The van der Waals surface area contributed by atoms with Gasteiger partial charge in [-0.15, -0.1) is 0 Å². The van der Waals surface area contributed by atoms with Crippen molar-refractivity contribution in [2.24, 2.45) is 0 Å². The maximum absolute atomic E-state index is 12.9. The molecular weight excluding hydrogens is 318 g/mol. The smallest absolute Gasteiger partial charge is 0.261 e. The van der Waals surface area contributed by atoms with Gasteiger partial charge in [0.2, 0.25) is 0 Å². The average Bonchev–Trinajstić information content (AvgIpc) is 2.85. The lowest BCUT2D eigenvalue weighted by atomic mass is 9.93. The number of carbonyl (C=O) groups is 2.